The summed E-state index contributed by atoms with van der Waals surface area (Å²) in [7, 11) is 0. The van der Waals surface area contributed by atoms with E-state index in [-0.39, 0.29) is 70.1 Å². The van der Waals surface area contributed by atoms with Crippen molar-refractivity contribution in [3.63, 3.8) is 0 Å². The molecule has 0 aromatic heterocycles. The number of hydrogen-bond acceptors (Lipinski definition) is 4. The molecule has 12 heavy (non-hydrogen) atoms. The van der Waals surface area contributed by atoms with Crippen LogP contribution < -0.4 is 69.3 Å². The number of rotatable bonds is 0. The molecular formula is C2H6Na2O8. The maximum atomic E-state index is 8.44. The Hall–Kier alpha value is 0.460. The molecule has 0 atom stereocenters. The van der Waals surface area contributed by atoms with Gasteiger partial charge in [0.05, 0.1) is 0 Å². The Balaban J connectivity index is -0.0000000112. The van der Waals surface area contributed by atoms with Gasteiger partial charge in [0.15, 0.2) is 0 Å². The molecular weight excluding hydrogens is 198 g/mol. The largest absolute Gasteiger partial charge is 1.00 e. The van der Waals surface area contributed by atoms with Gasteiger partial charge in [0, 0.05) is 0 Å². The Kier molecular flexibility index (Phi) is 98.2. The maximum Gasteiger partial charge on any atom is 1.00 e. The quantitative estimate of drug-likeness (QED) is 0.368. The zero-order chi connectivity index (χ0) is 7.15. The normalized spacial score (nSPS) is 4.00. The van der Waals surface area contributed by atoms with Crippen molar-refractivity contribution < 1.29 is 100 Å². The van der Waals surface area contributed by atoms with Crippen LogP contribution in [0.25, 0.3) is 0 Å². The van der Waals surface area contributed by atoms with Gasteiger partial charge in [-0.1, -0.05) is 0 Å². The Bertz CT molecular complexity index is 73.1. The van der Waals surface area contributed by atoms with Crippen molar-refractivity contribution in [1.82, 2.24) is 0 Å². The van der Waals surface area contributed by atoms with E-state index in [1.165, 1.54) is 0 Å². The Morgan fingerprint density at radius 3 is 0.833 bits per heavy atom. The molecule has 0 heterocycles. The standard InChI is InChI=1S/2CH2O3.2Na.2H2O/c2*2-1(3)4;;;;/h2*(H2,2,3,4);;;2*1H2/q;;2*+1;;/p-2. The van der Waals surface area contributed by atoms with Gasteiger partial charge < -0.3 is 41.0 Å². The van der Waals surface area contributed by atoms with Crippen LogP contribution in [0.5, 0.6) is 0 Å². The minimum atomic E-state index is -2.08. The molecule has 64 valence electrons. The molecule has 0 aliphatic rings. The molecule has 0 aromatic carbocycles. The fourth-order valence-electron chi connectivity index (χ4n) is 0. The third-order valence-electron chi connectivity index (χ3n) is 0. The SMILES string of the molecule is O.O.O=C([O-])O.O=C([O-])O.[Na+].[Na+]. The van der Waals surface area contributed by atoms with Gasteiger partial charge in [0.1, 0.15) is 0 Å². The average Bonchev–Trinajstić information content (AvgIpc) is 1.25. The molecule has 0 amide bonds. The van der Waals surface area contributed by atoms with Gasteiger partial charge in [-0.15, -0.1) is 0 Å². The van der Waals surface area contributed by atoms with Crippen molar-refractivity contribution in [3.05, 3.63) is 0 Å². The number of hydrogen-bond donors (Lipinski definition) is 2. The molecule has 0 spiro atoms. The predicted octanol–water partition coefficient (Wildman–Crippen LogP) is -9.87. The molecule has 8 nitrogen and oxygen atoms in total. The van der Waals surface area contributed by atoms with Crippen LogP contribution in [0.4, 0.5) is 9.59 Å². The summed E-state index contributed by atoms with van der Waals surface area (Å²) in [6, 6.07) is 0. The maximum absolute atomic E-state index is 8.44. The van der Waals surface area contributed by atoms with Crippen LogP contribution in [0.2, 0.25) is 0 Å². The van der Waals surface area contributed by atoms with E-state index in [9.17, 15) is 0 Å². The van der Waals surface area contributed by atoms with Crippen LogP contribution in [-0.4, -0.2) is 33.5 Å². The third-order valence-corrected chi connectivity index (χ3v) is 0. The summed E-state index contributed by atoms with van der Waals surface area (Å²) in [5, 5.41) is 30.6. The van der Waals surface area contributed by atoms with Crippen LogP contribution in [0.15, 0.2) is 0 Å². The topological polar surface area (TPSA) is 184 Å². The zero-order valence-electron chi connectivity index (χ0n) is 6.53. The molecule has 0 unspecified atom stereocenters. The second-order valence-corrected chi connectivity index (χ2v) is 0.532. The van der Waals surface area contributed by atoms with Crippen molar-refractivity contribution in [2.24, 2.45) is 0 Å². The molecule has 0 rings (SSSR count). The third kappa shape index (κ3) is 4420. The van der Waals surface area contributed by atoms with Crippen molar-refractivity contribution in [3.8, 4) is 0 Å². The molecule has 0 aromatic rings. The van der Waals surface area contributed by atoms with Crippen LogP contribution in [0, 0.1) is 0 Å². The van der Waals surface area contributed by atoms with Crippen molar-refractivity contribution in [2.75, 3.05) is 0 Å². The first-order valence-electron chi connectivity index (χ1n) is 1.26. The van der Waals surface area contributed by atoms with Gasteiger partial charge >= 0.3 is 59.1 Å². The van der Waals surface area contributed by atoms with E-state index in [4.69, 9.17) is 30.0 Å². The fourth-order valence-corrected chi connectivity index (χ4v) is 0. The first kappa shape index (κ1) is 39.2. The summed E-state index contributed by atoms with van der Waals surface area (Å²) in [6.07, 6.45) is -4.17. The van der Waals surface area contributed by atoms with Crippen LogP contribution >= 0.6 is 0 Å². The van der Waals surface area contributed by atoms with Crippen LogP contribution in [0.3, 0.4) is 0 Å². The molecule has 0 aliphatic heterocycles. The fraction of sp³-hybridized carbons (Fsp3) is 0. The van der Waals surface area contributed by atoms with Gasteiger partial charge in [0.2, 0.25) is 12.3 Å². The monoisotopic (exact) mass is 204 g/mol. The van der Waals surface area contributed by atoms with Crippen molar-refractivity contribution in [1.29, 1.82) is 0 Å². The van der Waals surface area contributed by atoms with Crippen molar-refractivity contribution >= 4 is 12.3 Å². The Morgan fingerprint density at radius 2 is 0.833 bits per heavy atom. The number of carbonyl (C=O) groups is 2. The molecule has 0 bridgehead atoms. The van der Waals surface area contributed by atoms with E-state index < -0.39 is 12.3 Å². The minimum Gasteiger partial charge on any atom is -0.565 e. The van der Waals surface area contributed by atoms with E-state index in [0.29, 0.717) is 0 Å². The minimum absolute atomic E-state index is 0. The first-order valence-corrected chi connectivity index (χ1v) is 1.26. The summed E-state index contributed by atoms with van der Waals surface area (Å²) in [4.78, 5) is 16.9. The molecule has 0 saturated carbocycles. The van der Waals surface area contributed by atoms with Gasteiger partial charge in [0.25, 0.3) is 0 Å². The molecule has 0 aliphatic carbocycles. The summed E-state index contributed by atoms with van der Waals surface area (Å²) in [6.45, 7) is 0. The molecule has 0 fully saturated rings. The number of carboxylic acid groups (broad SMARTS) is 4. The van der Waals surface area contributed by atoms with Crippen LogP contribution in [0.1, 0.15) is 0 Å². The second kappa shape index (κ2) is 30.0. The van der Waals surface area contributed by atoms with E-state index in [1.807, 2.05) is 0 Å². The summed E-state index contributed by atoms with van der Waals surface area (Å²) >= 11 is 0. The van der Waals surface area contributed by atoms with E-state index in [0.717, 1.165) is 0 Å². The predicted molar refractivity (Wildman–Crippen MR) is 23.3 cm³/mol. The van der Waals surface area contributed by atoms with E-state index in [1.54, 1.807) is 0 Å². The van der Waals surface area contributed by atoms with Crippen molar-refractivity contribution in [2.45, 2.75) is 0 Å². The van der Waals surface area contributed by atoms with Gasteiger partial charge in [-0.3, -0.25) is 0 Å². The smallest absolute Gasteiger partial charge is 0.565 e. The molecule has 0 saturated heterocycles. The Labute approximate surface area is 111 Å². The molecule has 6 N–H and O–H groups in total. The molecule has 0 radical (unpaired) electrons. The van der Waals surface area contributed by atoms with E-state index in [2.05, 4.69) is 0 Å². The van der Waals surface area contributed by atoms with E-state index >= 15 is 0 Å². The first-order chi connectivity index (χ1) is 3.46. The van der Waals surface area contributed by atoms with Gasteiger partial charge in [-0.25, -0.2) is 0 Å². The zero-order valence-corrected chi connectivity index (χ0v) is 10.5. The van der Waals surface area contributed by atoms with Crippen LogP contribution in [-0.2, 0) is 0 Å². The van der Waals surface area contributed by atoms with Gasteiger partial charge in [-0.2, -0.15) is 0 Å². The molecule has 10 heteroatoms. The summed E-state index contributed by atoms with van der Waals surface area (Å²) in [5.41, 5.74) is 0. The second-order valence-electron chi connectivity index (χ2n) is 0.532. The van der Waals surface area contributed by atoms with Gasteiger partial charge in [-0.05, 0) is 0 Å². The Morgan fingerprint density at radius 1 is 0.833 bits per heavy atom. The summed E-state index contributed by atoms with van der Waals surface area (Å²) in [5.74, 6) is 0. The average molecular weight is 204 g/mol. The summed E-state index contributed by atoms with van der Waals surface area (Å²) < 4.78 is 0.